The quantitative estimate of drug-likeness (QED) is 0.532. The third kappa shape index (κ3) is 4.75. The van der Waals surface area contributed by atoms with Gasteiger partial charge in [-0.2, -0.15) is 0 Å². The number of hydrogen-bond donors (Lipinski definition) is 2. The zero-order valence-electron chi connectivity index (χ0n) is 10.9. The van der Waals surface area contributed by atoms with E-state index in [4.69, 9.17) is 10.1 Å². The molecule has 4 heteroatoms. The van der Waals surface area contributed by atoms with E-state index in [0.29, 0.717) is 18.6 Å². The van der Waals surface area contributed by atoms with Crippen LogP contribution in [0.25, 0.3) is 0 Å². The number of rotatable bonds is 7. The fourth-order valence-corrected chi connectivity index (χ4v) is 1.24. The topological polar surface area (TPSA) is 45.1 Å². The molecule has 98 valence electrons. The minimum absolute atomic E-state index is 0.0909. The summed E-state index contributed by atoms with van der Waals surface area (Å²) in [7, 11) is 0. The molecule has 1 aliphatic carbocycles. The Bertz CT molecular complexity index is 285. The van der Waals surface area contributed by atoms with E-state index >= 15 is 0 Å². The van der Waals surface area contributed by atoms with E-state index in [-0.39, 0.29) is 18.0 Å². The lowest BCUT2D eigenvalue weighted by Gasteiger charge is -2.15. The fourth-order valence-electron chi connectivity index (χ4n) is 1.24. The van der Waals surface area contributed by atoms with Crippen LogP contribution in [0.15, 0.2) is 12.3 Å². The molecule has 0 radical (unpaired) electrons. The van der Waals surface area contributed by atoms with Crippen molar-refractivity contribution in [2.45, 2.75) is 39.7 Å². The summed E-state index contributed by atoms with van der Waals surface area (Å²) >= 11 is 0. The van der Waals surface area contributed by atoms with Gasteiger partial charge in [0.1, 0.15) is 0 Å². The van der Waals surface area contributed by atoms with E-state index in [1.54, 1.807) is 12.3 Å². The van der Waals surface area contributed by atoms with Crippen molar-refractivity contribution in [1.29, 1.82) is 5.41 Å². The molecule has 2 N–H and O–H groups in total. The molecule has 0 amide bonds. The minimum atomic E-state index is -0.341. The van der Waals surface area contributed by atoms with Crippen molar-refractivity contribution in [2.75, 3.05) is 13.3 Å². The van der Waals surface area contributed by atoms with Gasteiger partial charge >= 0.3 is 0 Å². The third-order valence-electron chi connectivity index (χ3n) is 3.37. The van der Waals surface area contributed by atoms with Crippen LogP contribution >= 0.6 is 0 Å². The maximum absolute atomic E-state index is 12.5. The summed E-state index contributed by atoms with van der Waals surface area (Å²) in [6.45, 7) is 6.33. The first kappa shape index (κ1) is 14.0. The Balaban J connectivity index is 2.18. The average molecular weight is 242 g/mol. The van der Waals surface area contributed by atoms with Crippen LogP contribution in [-0.2, 0) is 4.74 Å². The van der Waals surface area contributed by atoms with Gasteiger partial charge in [0, 0.05) is 23.7 Å². The normalized spacial score (nSPS) is 19.4. The number of nitrogens with one attached hydrogen (secondary N) is 2. The molecule has 0 heterocycles. The average Bonchev–Trinajstić information content (AvgIpc) is 3.07. The minimum Gasteiger partial charge on any atom is -0.477 e. The molecule has 0 aliphatic heterocycles. The Morgan fingerprint density at radius 3 is 2.59 bits per heavy atom. The van der Waals surface area contributed by atoms with Crippen molar-refractivity contribution in [3.05, 3.63) is 12.3 Å². The summed E-state index contributed by atoms with van der Waals surface area (Å²) in [5, 5.41) is 10.7. The zero-order valence-corrected chi connectivity index (χ0v) is 10.9. The van der Waals surface area contributed by atoms with Gasteiger partial charge in [-0.25, -0.2) is 0 Å². The predicted octanol–water partition coefficient (Wildman–Crippen LogP) is 2.88. The molecule has 1 saturated carbocycles. The number of alkyl halides is 1. The molecule has 17 heavy (non-hydrogen) atoms. The Hall–Kier alpha value is -1.06. The van der Waals surface area contributed by atoms with E-state index in [9.17, 15) is 4.39 Å². The van der Waals surface area contributed by atoms with Crippen molar-refractivity contribution in [2.24, 2.45) is 11.3 Å². The van der Waals surface area contributed by atoms with E-state index < -0.39 is 0 Å². The van der Waals surface area contributed by atoms with Crippen molar-refractivity contribution >= 4 is 5.90 Å². The van der Waals surface area contributed by atoms with Gasteiger partial charge in [-0.15, -0.1) is 0 Å². The molecule has 1 fully saturated rings. The summed E-state index contributed by atoms with van der Waals surface area (Å²) in [6, 6.07) is 0.361. The number of hydrogen-bond acceptors (Lipinski definition) is 3. The highest BCUT2D eigenvalue weighted by Crippen LogP contribution is 2.46. The molecule has 1 rings (SSSR count). The van der Waals surface area contributed by atoms with Crippen LogP contribution in [0.3, 0.4) is 0 Å². The van der Waals surface area contributed by atoms with Crippen LogP contribution in [-0.4, -0.2) is 25.2 Å². The molecular formula is C13H23FN2O. The first-order chi connectivity index (χ1) is 7.99. The van der Waals surface area contributed by atoms with Gasteiger partial charge in [-0.3, -0.25) is 9.80 Å². The van der Waals surface area contributed by atoms with Gasteiger partial charge in [0.15, 0.2) is 0 Å². The first-order valence-corrected chi connectivity index (χ1v) is 6.19. The second-order valence-electron chi connectivity index (χ2n) is 5.32. The lowest BCUT2D eigenvalue weighted by atomic mass is 10.1. The van der Waals surface area contributed by atoms with E-state index in [0.717, 1.165) is 12.8 Å². The Labute approximate surface area is 103 Å². The molecule has 0 aromatic rings. The highest BCUT2D eigenvalue weighted by molar-refractivity contribution is 5.84. The lowest BCUT2D eigenvalue weighted by Crippen LogP contribution is -2.26. The van der Waals surface area contributed by atoms with Gasteiger partial charge in [0.2, 0.25) is 5.90 Å². The lowest BCUT2D eigenvalue weighted by molar-refractivity contribution is 0.190. The van der Waals surface area contributed by atoms with Crippen LogP contribution < -0.4 is 5.32 Å². The molecule has 0 unspecified atom stereocenters. The molecule has 0 spiro atoms. The molecule has 0 aromatic heterocycles. The van der Waals surface area contributed by atoms with Crippen molar-refractivity contribution in [3.8, 4) is 0 Å². The second-order valence-corrected chi connectivity index (χ2v) is 5.32. The van der Waals surface area contributed by atoms with Gasteiger partial charge in [-0.05, 0) is 25.7 Å². The Morgan fingerprint density at radius 1 is 1.47 bits per heavy atom. The molecule has 0 bridgehead atoms. The van der Waals surface area contributed by atoms with Crippen LogP contribution in [0.4, 0.5) is 4.39 Å². The summed E-state index contributed by atoms with van der Waals surface area (Å²) in [4.78, 5) is 0. The van der Waals surface area contributed by atoms with Gasteiger partial charge in [-0.1, -0.05) is 13.8 Å². The zero-order chi connectivity index (χ0) is 12.9. The van der Waals surface area contributed by atoms with Gasteiger partial charge in [0.25, 0.3) is 0 Å². The van der Waals surface area contributed by atoms with Crippen LogP contribution in [0.2, 0.25) is 0 Å². The predicted molar refractivity (Wildman–Crippen MR) is 67.9 cm³/mol. The number of halogens is 1. The molecule has 0 aromatic carbocycles. The molecule has 3 nitrogen and oxygen atoms in total. The Morgan fingerprint density at radius 2 is 2.12 bits per heavy atom. The van der Waals surface area contributed by atoms with Crippen molar-refractivity contribution in [1.82, 2.24) is 5.32 Å². The van der Waals surface area contributed by atoms with E-state index in [2.05, 4.69) is 26.1 Å². The van der Waals surface area contributed by atoms with E-state index in [1.165, 1.54) is 0 Å². The van der Waals surface area contributed by atoms with E-state index in [1.807, 2.05) is 0 Å². The van der Waals surface area contributed by atoms with Crippen LogP contribution in [0.1, 0.15) is 33.6 Å². The summed E-state index contributed by atoms with van der Waals surface area (Å²) in [5.74, 6) is 0.629. The van der Waals surface area contributed by atoms with Crippen LogP contribution in [0, 0.1) is 16.7 Å². The monoisotopic (exact) mass is 242 g/mol. The largest absolute Gasteiger partial charge is 0.477 e. The maximum atomic E-state index is 12.5. The third-order valence-corrected chi connectivity index (χ3v) is 3.37. The molecule has 1 atom stereocenters. The summed E-state index contributed by atoms with van der Waals surface area (Å²) < 4.78 is 17.8. The first-order valence-electron chi connectivity index (χ1n) is 6.19. The molecule has 0 saturated heterocycles. The molecular weight excluding hydrogens is 219 g/mol. The van der Waals surface area contributed by atoms with Gasteiger partial charge in [0.05, 0.1) is 13.3 Å². The smallest absolute Gasteiger partial charge is 0.207 e. The fraction of sp³-hybridized carbons (Fsp3) is 0.769. The highest BCUT2D eigenvalue weighted by Gasteiger charge is 2.43. The maximum Gasteiger partial charge on any atom is 0.207 e. The van der Waals surface area contributed by atoms with Gasteiger partial charge < -0.3 is 10.1 Å². The molecule has 1 aliphatic rings. The van der Waals surface area contributed by atoms with Crippen molar-refractivity contribution < 1.29 is 9.13 Å². The second kappa shape index (κ2) is 6.03. The summed E-state index contributed by atoms with van der Waals surface area (Å²) in [6.07, 6.45) is 5.06. The van der Waals surface area contributed by atoms with Crippen LogP contribution in [0.5, 0.6) is 0 Å². The standard InChI is InChI=1S/C13H23FN2O/c1-10(2)11(3)16-7-4-12(15)17-9-13(8-14)5-6-13/h4,7,10-11,15-16H,5-6,8-9H2,1-3H3/b7-4-,15-12?/t11-/m1/s1. The number of ether oxygens (including phenoxy) is 1. The Kier molecular flexibility index (Phi) is 4.97. The SMILES string of the molecule is CC(C)[C@@H](C)N/C=C\C(=N)OCC1(CF)CC1. The van der Waals surface area contributed by atoms with Crippen molar-refractivity contribution in [3.63, 3.8) is 0 Å². The highest BCUT2D eigenvalue weighted by atomic mass is 19.1. The summed E-state index contributed by atoms with van der Waals surface area (Å²) in [5.41, 5.74) is -0.279.